The van der Waals surface area contributed by atoms with Crippen LogP contribution in [-0.4, -0.2) is 27.0 Å². The van der Waals surface area contributed by atoms with E-state index in [9.17, 15) is 0 Å². The van der Waals surface area contributed by atoms with Gasteiger partial charge in [-0.05, 0) is 23.9 Å². The lowest BCUT2D eigenvalue weighted by Crippen LogP contribution is -1.90. The van der Waals surface area contributed by atoms with Crippen molar-refractivity contribution >= 4 is 28.5 Å². The standard InChI is InChI=1S/C12H11N5OS/c1-18-8-2-3-9-10(4-8)17-12(16-9)19-11-14-5-7(13)6-15-11/h2-6H,13H2,1H3,(H,16,17). The van der Waals surface area contributed by atoms with E-state index in [1.54, 1.807) is 19.5 Å². The highest BCUT2D eigenvalue weighted by Gasteiger charge is 2.07. The van der Waals surface area contributed by atoms with Crippen LogP contribution in [0.5, 0.6) is 5.75 Å². The van der Waals surface area contributed by atoms with Crippen LogP contribution in [0.25, 0.3) is 11.0 Å². The van der Waals surface area contributed by atoms with Crippen molar-refractivity contribution in [1.82, 2.24) is 19.9 Å². The highest BCUT2D eigenvalue weighted by Crippen LogP contribution is 2.26. The lowest BCUT2D eigenvalue weighted by molar-refractivity contribution is 0.415. The fraction of sp³-hybridized carbons (Fsp3) is 0.0833. The van der Waals surface area contributed by atoms with Crippen LogP contribution in [0.1, 0.15) is 0 Å². The minimum Gasteiger partial charge on any atom is -0.497 e. The summed E-state index contributed by atoms with van der Waals surface area (Å²) in [6, 6.07) is 5.67. The molecule has 0 aliphatic heterocycles. The van der Waals surface area contributed by atoms with E-state index in [1.165, 1.54) is 11.8 Å². The van der Waals surface area contributed by atoms with Crippen LogP contribution >= 0.6 is 11.8 Å². The van der Waals surface area contributed by atoms with Crippen molar-refractivity contribution in [3.05, 3.63) is 30.6 Å². The van der Waals surface area contributed by atoms with Crippen LogP contribution in [0.2, 0.25) is 0 Å². The number of hydrogen-bond acceptors (Lipinski definition) is 6. The molecule has 0 saturated heterocycles. The lowest BCUT2D eigenvalue weighted by atomic mass is 10.3. The van der Waals surface area contributed by atoms with Crippen molar-refractivity contribution < 1.29 is 4.74 Å². The third kappa shape index (κ3) is 2.45. The number of nitrogens with two attached hydrogens (primary N) is 1. The van der Waals surface area contributed by atoms with Crippen LogP contribution in [0.4, 0.5) is 5.69 Å². The van der Waals surface area contributed by atoms with Crippen LogP contribution < -0.4 is 10.5 Å². The lowest BCUT2D eigenvalue weighted by Gasteiger charge is -1.96. The molecule has 2 heterocycles. The third-order valence-electron chi connectivity index (χ3n) is 2.50. The molecule has 1 aromatic carbocycles. The first-order valence-corrected chi connectivity index (χ1v) is 6.35. The number of benzene rings is 1. The van der Waals surface area contributed by atoms with Gasteiger partial charge < -0.3 is 15.5 Å². The summed E-state index contributed by atoms with van der Waals surface area (Å²) in [5.41, 5.74) is 7.87. The first kappa shape index (κ1) is 11.8. The summed E-state index contributed by atoms with van der Waals surface area (Å²) in [5, 5.41) is 1.33. The molecule has 0 aliphatic carbocycles. The Bertz CT molecular complexity index is 710. The van der Waals surface area contributed by atoms with Crippen molar-refractivity contribution in [3.63, 3.8) is 0 Å². The van der Waals surface area contributed by atoms with Gasteiger partial charge >= 0.3 is 0 Å². The molecule has 19 heavy (non-hydrogen) atoms. The van der Waals surface area contributed by atoms with Gasteiger partial charge in [0.2, 0.25) is 0 Å². The molecule has 0 bridgehead atoms. The molecule has 6 nitrogen and oxygen atoms in total. The van der Waals surface area contributed by atoms with Gasteiger partial charge in [0.25, 0.3) is 0 Å². The Labute approximate surface area is 113 Å². The van der Waals surface area contributed by atoms with Gasteiger partial charge in [-0.15, -0.1) is 0 Å². The molecule has 0 amide bonds. The van der Waals surface area contributed by atoms with E-state index < -0.39 is 0 Å². The number of rotatable bonds is 3. The maximum absolute atomic E-state index is 5.54. The average molecular weight is 273 g/mol. The summed E-state index contributed by atoms with van der Waals surface area (Å²) in [7, 11) is 1.63. The zero-order valence-corrected chi connectivity index (χ0v) is 10.9. The Morgan fingerprint density at radius 2 is 2.05 bits per heavy atom. The smallest absolute Gasteiger partial charge is 0.195 e. The molecular formula is C12H11N5OS. The Morgan fingerprint density at radius 1 is 1.26 bits per heavy atom. The summed E-state index contributed by atoms with van der Waals surface area (Å²) in [6.07, 6.45) is 3.14. The fourth-order valence-corrected chi connectivity index (χ4v) is 2.29. The number of aromatic amines is 1. The number of anilines is 1. The molecule has 3 aromatic rings. The number of hydrogen-bond donors (Lipinski definition) is 2. The van der Waals surface area contributed by atoms with Gasteiger partial charge in [-0.2, -0.15) is 0 Å². The summed E-state index contributed by atoms with van der Waals surface area (Å²) >= 11 is 1.35. The third-order valence-corrected chi connectivity index (χ3v) is 3.28. The highest BCUT2D eigenvalue weighted by molar-refractivity contribution is 7.99. The van der Waals surface area contributed by atoms with Crippen molar-refractivity contribution in [2.75, 3.05) is 12.8 Å². The monoisotopic (exact) mass is 273 g/mol. The molecule has 0 fully saturated rings. The van der Waals surface area contributed by atoms with Gasteiger partial charge in [0.05, 0.1) is 36.2 Å². The minimum absolute atomic E-state index is 0.540. The predicted octanol–water partition coefficient (Wildman–Crippen LogP) is 2.09. The second kappa shape index (κ2) is 4.77. The molecular weight excluding hydrogens is 262 g/mol. The van der Waals surface area contributed by atoms with Crippen molar-refractivity contribution in [3.8, 4) is 5.75 Å². The number of fused-ring (bicyclic) bond motifs is 1. The second-order valence-electron chi connectivity index (χ2n) is 3.83. The molecule has 0 unspecified atom stereocenters. The minimum atomic E-state index is 0.540. The van der Waals surface area contributed by atoms with E-state index >= 15 is 0 Å². The van der Waals surface area contributed by atoms with E-state index in [-0.39, 0.29) is 0 Å². The van der Waals surface area contributed by atoms with Gasteiger partial charge in [-0.25, -0.2) is 15.0 Å². The number of nitrogens with one attached hydrogen (secondary N) is 1. The zero-order chi connectivity index (χ0) is 13.2. The zero-order valence-electron chi connectivity index (χ0n) is 10.1. The normalized spacial score (nSPS) is 10.8. The van der Waals surface area contributed by atoms with Crippen molar-refractivity contribution in [1.29, 1.82) is 0 Å². The van der Waals surface area contributed by atoms with Crippen molar-refractivity contribution in [2.24, 2.45) is 0 Å². The molecule has 96 valence electrons. The summed E-state index contributed by atoms with van der Waals surface area (Å²) in [5.74, 6) is 0.788. The number of imidazole rings is 1. The van der Waals surface area contributed by atoms with Crippen LogP contribution in [0.3, 0.4) is 0 Å². The first-order chi connectivity index (χ1) is 9.24. The van der Waals surface area contributed by atoms with Crippen LogP contribution in [0.15, 0.2) is 40.9 Å². The number of nitrogens with zero attached hydrogens (tertiary/aromatic N) is 3. The molecule has 3 N–H and O–H groups in total. The first-order valence-electron chi connectivity index (χ1n) is 5.54. The van der Waals surface area contributed by atoms with Crippen LogP contribution in [-0.2, 0) is 0 Å². The Balaban J connectivity index is 1.90. The number of nitrogen functional groups attached to an aromatic ring is 1. The molecule has 3 rings (SSSR count). The van der Waals surface area contributed by atoms with Crippen LogP contribution in [0, 0.1) is 0 Å². The highest BCUT2D eigenvalue weighted by atomic mass is 32.2. The summed E-state index contributed by atoms with van der Waals surface area (Å²) < 4.78 is 5.17. The van der Waals surface area contributed by atoms with Gasteiger partial charge in [-0.3, -0.25) is 0 Å². The maximum atomic E-state index is 5.54. The fourth-order valence-electron chi connectivity index (χ4n) is 1.61. The molecule has 0 spiro atoms. The molecule has 0 aliphatic rings. The van der Waals surface area contributed by atoms with Gasteiger partial charge in [-0.1, -0.05) is 0 Å². The Kier molecular flexibility index (Phi) is 2.96. The molecule has 0 radical (unpaired) electrons. The quantitative estimate of drug-likeness (QED) is 0.710. The van der Waals surface area contributed by atoms with E-state index in [1.807, 2.05) is 18.2 Å². The molecule has 0 saturated carbocycles. The number of H-pyrrole nitrogens is 1. The SMILES string of the molecule is COc1ccc2nc(Sc3ncc(N)cn3)[nH]c2c1. The van der Waals surface area contributed by atoms with Crippen molar-refractivity contribution in [2.45, 2.75) is 10.3 Å². The largest absolute Gasteiger partial charge is 0.497 e. The van der Waals surface area contributed by atoms with Gasteiger partial charge in [0.1, 0.15) is 5.75 Å². The Morgan fingerprint density at radius 3 is 2.79 bits per heavy atom. The predicted molar refractivity (Wildman–Crippen MR) is 73.2 cm³/mol. The van der Waals surface area contributed by atoms with Gasteiger partial charge in [0.15, 0.2) is 10.3 Å². The molecule has 0 atom stereocenters. The summed E-state index contributed by atoms with van der Waals surface area (Å²) in [6.45, 7) is 0. The number of methoxy groups -OCH3 is 1. The number of aromatic nitrogens is 4. The Hall–Kier alpha value is -2.28. The van der Waals surface area contributed by atoms with Gasteiger partial charge in [0, 0.05) is 6.07 Å². The number of ether oxygens (including phenoxy) is 1. The summed E-state index contributed by atoms with van der Waals surface area (Å²) in [4.78, 5) is 15.9. The van der Waals surface area contributed by atoms with E-state index in [0.29, 0.717) is 10.8 Å². The molecule has 7 heteroatoms. The maximum Gasteiger partial charge on any atom is 0.195 e. The molecule has 2 aromatic heterocycles. The van der Waals surface area contributed by atoms with E-state index in [4.69, 9.17) is 10.5 Å². The average Bonchev–Trinajstić information content (AvgIpc) is 2.82. The topological polar surface area (TPSA) is 89.7 Å². The van der Waals surface area contributed by atoms with E-state index in [2.05, 4.69) is 19.9 Å². The second-order valence-corrected chi connectivity index (χ2v) is 4.78. The van der Waals surface area contributed by atoms with E-state index in [0.717, 1.165) is 21.9 Å².